The third-order valence-electron chi connectivity index (χ3n) is 2.99. The molecule has 8 heteroatoms. The Morgan fingerprint density at radius 1 is 1.55 bits per heavy atom. The lowest BCUT2D eigenvalue weighted by molar-refractivity contribution is -0.155. The Morgan fingerprint density at radius 2 is 2.35 bits per heavy atom. The maximum absolute atomic E-state index is 11.5. The summed E-state index contributed by atoms with van der Waals surface area (Å²) in [6.45, 7) is 5.69. The van der Waals surface area contributed by atoms with Crippen molar-refractivity contribution >= 4 is 21.2 Å². The Morgan fingerprint density at radius 3 is 3.10 bits per heavy atom. The zero-order chi connectivity index (χ0) is 14.6. The molecule has 0 N–H and O–H groups in total. The molecule has 2 rings (SSSR count). The molecule has 0 aliphatic carbocycles. The predicted molar refractivity (Wildman–Crippen MR) is 77.2 cm³/mol. The maximum atomic E-state index is 11.5. The van der Waals surface area contributed by atoms with Crippen LogP contribution in [0.5, 0.6) is 0 Å². The van der Waals surface area contributed by atoms with Gasteiger partial charge in [0, 0.05) is 18.5 Å². The van der Waals surface area contributed by atoms with Crippen molar-refractivity contribution in [2.45, 2.75) is 26.5 Å². The van der Waals surface area contributed by atoms with Gasteiger partial charge in [-0.1, -0.05) is 0 Å². The lowest BCUT2D eigenvalue weighted by Gasteiger charge is -2.17. The molecule has 6 nitrogen and oxygen atoms in total. The standard InChI is InChI=1S/C12H20N2O4S2/c1-3-17-10(2)12-13-11(9-19-12)8-14-4-6-20(15,16)7-5-18-14/h9-10H,3-8H2,1-2H3. The molecule has 0 bridgehead atoms. The Hall–Kier alpha value is -0.540. The maximum Gasteiger partial charge on any atom is 0.153 e. The van der Waals surface area contributed by atoms with Gasteiger partial charge in [-0.15, -0.1) is 11.3 Å². The van der Waals surface area contributed by atoms with Gasteiger partial charge in [0.2, 0.25) is 0 Å². The summed E-state index contributed by atoms with van der Waals surface area (Å²) in [6, 6.07) is 0. The highest BCUT2D eigenvalue weighted by Crippen LogP contribution is 2.22. The molecule has 1 aromatic rings. The van der Waals surface area contributed by atoms with Crippen molar-refractivity contribution in [2.24, 2.45) is 0 Å². The van der Waals surface area contributed by atoms with E-state index in [2.05, 4.69) is 4.98 Å². The molecule has 0 radical (unpaired) electrons. The molecule has 0 aromatic carbocycles. The summed E-state index contributed by atoms with van der Waals surface area (Å²) in [7, 11) is -2.96. The normalized spacial score (nSPS) is 21.5. The van der Waals surface area contributed by atoms with Gasteiger partial charge in [-0.25, -0.2) is 13.4 Å². The first-order chi connectivity index (χ1) is 9.50. The van der Waals surface area contributed by atoms with Crippen LogP contribution in [0.3, 0.4) is 0 Å². The van der Waals surface area contributed by atoms with E-state index in [4.69, 9.17) is 9.57 Å². The number of hydrogen-bond donors (Lipinski definition) is 0. The fraction of sp³-hybridized carbons (Fsp3) is 0.750. The monoisotopic (exact) mass is 320 g/mol. The van der Waals surface area contributed by atoms with E-state index in [9.17, 15) is 8.42 Å². The van der Waals surface area contributed by atoms with Crippen LogP contribution in [0.25, 0.3) is 0 Å². The minimum atomic E-state index is -2.96. The van der Waals surface area contributed by atoms with E-state index in [1.54, 1.807) is 16.4 Å². The van der Waals surface area contributed by atoms with Gasteiger partial charge in [0.05, 0.1) is 30.4 Å². The smallest absolute Gasteiger partial charge is 0.153 e. The molecular weight excluding hydrogens is 300 g/mol. The number of aromatic nitrogens is 1. The van der Waals surface area contributed by atoms with Gasteiger partial charge in [0.25, 0.3) is 0 Å². The van der Waals surface area contributed by atoms with E-state index in [1.807, 2.05) is 19.2 Å². The average Bonchev–Trinajstić information content (AvgIpc) is 2.77. The third kappa shape index (κ3) is 4.49. The molecular formula is C12H20N2O4S2. The topological polar surface area (TPSA) is 68.7 Å². The highest BCUT2D eigenvalue weighted by Gasteiger charge is 2.21. The molecule has 1 saturated heterocycles. The zero-order valence-corrected chi connectivity index (χ0v) is 13.4. The second-order valence-corrected chi connectivity index (χ2v) is 7.82. The summed E-state index contributed by atoms with van der Waals surface area (Å²) in [6.07, 6.45) is -0.0100. The number of nitrogens with zero attached hydrogens (tertiary/aromatic N) is 2. The van der Waals surface area contributed by atoms with E-state index in [0.29, 0.717) is 19.7 Å². The summed E-state index contributed by atoms with van der Waals surface area (Å²) < 4.78 is 28.5. The molecule has 1 fully saturated rings. The number of rotatable bonds is 5. The first kappa shape index (κ1) is 15.8. The molecule has 2 heterocycles. The first-order valence-electron chi connectivity index (χ1n) is 6.64. The summed E-state index contributed by atoms with van der Waals surface area (Å²) in [4.78, 5) is 9.96. The summed E-state index contributed by atoms with van der Waals surface area (Å²) in [5.74, 6) is 0.229. The number of thiazole rings is 1. The minimum Gasteiger partial charge on any atom is -0.372 e. The van der Waals surface area contributed by atoms with Crippen molar-refractivity contribution in [3.63, 3.8) is 0 Å². The second-order valence-electron chi connectivity index (χ2n) is 4.62. The van der Waals surface area contributed by atoms with Gasteiger partial charge < -0.3 is 4.74 Å². The van der Waals surface area contributed by atoms with Crippen LogP contribution in [0.15, 0.2) is 5.38 Å². The van der Waals surface area contributed by atoms with E-state index in [1.165, 1.54) is 0 Å². The van der Waals surface area contributed by atoms with Crippen molar-refractivity contribution in [1.82, 2.24) is 10.0 Å². The average molecular weight is 320 g/mol. The van der Waals surface area contributed by atoms with Crippen LogP contribution in [0, 0.1) is 0 Å². The fourth-order valence-electron chi connectivity index (χ4n) is 1.91. The molecule has 1 aliphatic heterocycles. The first-order valence-corrected chi connectivity index (χ1v) is 9.34. The zero-order valence-electron chi connectivity index (χ0n) is 11.7. The van der Waals surface area contributed by atoms with Crippen molar-refractivity contribution < 1.29 is 18.0 Å². The van der Waals surface area contributed by atoms with Gasteiger partial charge in [0.15, 0.2) is 9.84 Å². The molecule has 1 unspecified atom stereocenters. The Balaban J connectivity index is 1.93. The van der Waals surface area contributed by atoms with Crippen LogP contribution >= 0.6 is 11.3 Å². The van der Waals surface area contributed by atoms with Crippen LogP contribution in [-0.4, -0.2) is 49.7 Å². The molecule has 1 aromatic heterocycles. The van der Waals surface area contributed by atoms with Gasteiger partial charge in [-0.3, -0.25) is 4.84 Å². The number of ether oxygens (including phenoxy) is 1. The van der Waals surface area contributed by atoms with E-state index < -0.39 is 9.84 Å². The SMILES string of the molecule is CCOC(C)c1nc(CN2CCS(=O)(=O)CCO2)cs1. The molecule has 1 atom stereocenters. The summed E-state index contributed by atoms with van der Waals surface area (Å²) in [5, 5.41) is 4.58. The quantitative estimate of drug-likeness (QED) is 0.817. The van der Waals surface area contributed by atoms with Crippen LogP contribution in [0.1, 0.15) is 30.7 Å². The lowest BCUT2D eigenvalue weighted by atomic mass is 10.4. The molecule has 114 valence electrons. The predicted octanol–water partition coefficient (Wildman–Crippen LogP) is 1.40. The number of sulfone groups is 1. The van der Waals surface area contributed by atoms with Crippen molar-refractivity contribution in [3.05, 3.63) is 16.1 Å². The number of hydroxylamine groups is 2. The van der Waals surface area contributed by atoms with Crippen LogP contribution < -0.4 is 0 Å². The summed E-state index contributed by atoms with van der Waals surface area (Å²) in [5.41, 5.74) is 0.885. The largest absolute Gasteiger partial charge is 0.372 e. The summed E-state index contributed by atoms with van der Waals surface area (Å²) >= 11 is 1.55. The molecule has 1 aliphatic rings. The van der Waals surface area contributed by atoms with E-state index in [-0.39, 0.29) is 24.2 Å². The number of hydrogen-bond acceptors (Lipinski definition) is 7. The third-order valence-corrected chi connectivity index (χ3v) is 5.64. The van der Waals surface area contributed by atoms with Gasteiger partial charge in [-0.05, 0) is 13.8 Å². The fourth-order valence-corrected chi connectivity index (χ4v) is 3.74. The van der Waals surface area contributed by atoms with Crippen molar-refractivity contribution in [2.75, 3.05) is 31.3 Å². The second kappa shape index (κ2) is 6.95. The Bertz CT molecular complexity index is 529. The van der Waals surface area contributed by atoms with Crippen LogP contribution in [0.2, 0.25) is 0 Å². The van der Waals surface area contributed by atoms with Crippen LogP contribution in [-0.2, 0) is 26.0 Å². The molecule has 0 saturated carbocycles. The van der Waals surface area contributed by atoms with E-state index in [0.717, 1.165) is 10.7 Å². The lowest BCUT2D eigenvalue weighted by Crippen LogP contribution is -2.25. The Labute approximate surface area is 123 Å². The minimum absolute atomic E-state index is 0.0100. The van der Waals surface area contributed by atoms with Crippen molar-refractivity contribution in [1.29, 1.82) is 0 Å². The van der Waals surface area contributed by atoms with Gasteiger partial charge in [-0.2, -0.15) is 5.06 Å². The van der Waals surface area contributed by atoms with Crippen LogP contribution in [0.4, 0.5) is 0 Å². The molecule has 0 spiro atoms. The highest BCUT2D eigenvalue weighted by atomic mass is 32.2. The van der Waals surface area contributed by atoms with Gasteiger partial charge in [0.1, 0.15) is 11.1 Å². The molecule has 20 heavy (non-hydrogen) atoms. The highest BCUT2D eigenvalue weighted by molar-refractivity contribution is 7.91. The van der Waals surface area contributed by atoms with Gasteiger partial charge >= 0.3 is 0 Å². The van der Waals surface area contributed by atoms with Crippen molar-refractivity contribution in [3.8, 4) is 0 Å². The van der Waals surface area contributed by atoms with E-state index >= 15 is 0 Å². The Kier molecular flexibility index (Phi) is 5.50. The molecule has 0 amide bonds.